The van der Waals surface area contributed by atoms with E-state index < -0.39 is 39.8 Å². The van der Waals surface area contributed by atoms with Crippen LogP contribution in [0.3, 0.4) is 0 Å². The molecule has 0 unspecified atom stereocenters. The zero-order valence-electron chi connectivity index (χ0n) is 16.3. The van der Waals surface area contributed by atoms with E-state index in [4.69, 9.17) is 0 Å². The highest BCUT2D eigenvalue weighted by Crippen LogP contribution is 2.31. The molecule has 0 amide bonds. The minimum absolute atomic E-state index is 0. The Kier molecular flexibility index (Phi) is 6.23. The van der Waals surface area contributed by atoms with Gasteiger partial charge in [0.25, 0.3) is 0 Å². The van der Waals surface area contributed by atoms with Crippen LogP contribution in [0, 0.1) is 17.5 Å². The number of carboxylic acid groups (broad SMARTS) is 1. The van der Waals surface area contributed by atoms with E-state index in [0.717, 1.165) is 29.1 Å². The fourth-order valence-corrected chi connectivity index (χ4v) is 3.57. The lowest BCUT2D eigenvalue weighted by Gasteiger charge is -2.34. The molecule has 164 valence electrons. The first-order valence-electron chi connectivity index (χ1n) is 9.14. The van der Waals surface area contributed by atoms with Crippen molar-refractivity contribution in [2.24, 2.45) is 0 Å². The van der Waals surface area contributed by atoms with Crippen molar-refractivity contribution < 1.29 is 23.1 Å². The molecular weight excluding hydrogens is 437 g/mol. The van der Waals surface area contributed by atoms with Crippen LogP contribution in [0.1, 0.15) is 10.4 Å². The Balaban J connectivity index is 0.00000272. The van der Waals surface area contributed by atoms with Gasteiger partial charge in [0.05, 0.1) is 17.1 Å². The molecule has 0 spiro atoms. The Morgan fingerprint density at radius 3 is 2.39 bits per heavy atom. The van der Waals surface area contributed by atoms with E-state index in [0.29, 0.717) is 26.2 Å². The van der Waals surface area contributed by atoms with Crippen LogP contribution < -0.4 is 10.3 Å². The number of aromatic carboxylic acids is 1. The molecule has 0 radical (unpaired) electrons. The molecule has 2 aromatic heterocycles. The van der Waals surface area contributed by atoms with Crippen molar-refractivity contribution >= 4 is 35.0 Å². The summed E-state index contributed by atoms with van der Waals surface area (Å²) >= 11 is 0. The number of hydrogen-bond donors (Lipinski definition) is 1. The maximum absolute atomic E-state index is 15.6. The SMILES string of the molecule is CN1CCN(c2c(F)cc3c(=O)c(C(=O)O)cn(-c4ccc(F)cn4)c3c2F)CC1.Cl. The van der Waals surface area contributed by atoms with Crippen LogP contribution in [0.25, 0.3) is 16.7 Å². The van der Waals surface area contributed by atoms with E-state index in [1.807, 2.05) is 11.9 Å². The second-order valence-corrected chi connectivity index (χ2v) is 7.09. The van der Waals surface area contributed by atoms with Crippen LogP contribution in [0.15, 0.2) is 35.4 Å². The number of hydrogen-bond acceptors (Lipinski definition) is 5. The highest BCUT2D eigenvalue weighted by Gasteiger charge is 2.27. The van der Waals surface area contributed by atoms with E-state index in [-0.39, 0.29) is 29.4 Å². The van der Waals surface area contributed by atoms with Crippen molar-refractivity contribution in [2.45, 2.75) is 0 Å². The van der Waals surface area contributed by atoms with E-state index >= 15 is 4.39 Å². The third-order valence-electron chi connectivity index (χ3n) is 5.17. The number of benzene rings is 1. The quantitative estimate of drug-likeness (QED) is 0.655. The molecule has 1 N–H and O–H groups in total. The second-order valence-electron chi connectivity index (χ2n) is 7.09. The fourth-order valence-electron chi connectivity index (χ4n) is 3.57. The number of halogens is 4. The molecule has 1 aliphatic rings. The van der Waals surface area contributed by atoms with Crippen molar-refractivity contribution in [3.05, 3.63) is 63.8 Å². The smallest absolute Gasteiger partial charge is 0.341 e. The molecule has 4 rings (SSSR count). The summed E-state index contributed by atoms with van der Waals surface area (Å²) in [6.45, 7) is 1.95. The van der Waals surface area contributed by atoms with Crippen molar-refractivity contribution in [3.63, 3.8) is 0 Å². The summed E-state index contributed by atoms with van der Waals surface area (Å²) in [5, 5.41) is 8.93. The van der Waals surface area contributed by atoms with Crippen LogP contribution in [0.2, 0.25) is 0 Å². The zero-order valence-corrected chi connectivity index (χ0v) is 17.1. The molecule has 3 aromatic rings. The third kappa shape index (κ3) is 3.96. The number of carbonyl (C=O) groups is 1. The first-order chi connectivity index (χ1) is 14.3. The molecule has 3 heterocycles. The standard InChI is InChI=1S/C20H17F3N4O3.ClH/c1-25-4-6-26(7-5-25)18-14(22)8-12-17(16(18)23)27(10-13(19(12)28)20(29)30)15-3-2-11(21)9-24-15;/h2-3,8-10H,4-7H2,1H3,(H,29,30);1H. The number of likely N-dealkylation sites (N-methyl/N-ethyl adjacent to an activating group) is 1. The number of anilines is 1. The number of aromatic nitrogens is 2. The Morgan fingerprint density at radius 2 is 1.81 bits per heavy atom. The average molecular weight is 455 g/mol. The van der Waals surface area contributed by atoms with Gasteiger partial charge in [-0.1, -0.05) is 0 Å². The van der Waals surface area contributed by atoms with Gasteiger partial charge in [0, 0.05) is 32.4 Å². The van der Waals surface area contributed by atoms with Gasteiger partial charge in [-0.2, -0.15) is 0 Å². The topological polar surface area (TPSA) is 78.7 Å². The molecule has 0 aliphatic carbocycles. The number of rotatable bonds is 3. The number of piperazine rings is 1. The van der Waals surface area contributed by atoms with Gasteiger partial charge < -0.3 is 14.9 Å². The number of nitrogens with zero attached hydrogens (tertiary/aromatic N) is 4. The van der Waals surface area contributed by atoms with E-state index in [1.54, 1.807) is 4.90 Å². The minimum Gasteiger partial charge on any atom is -0.477 e. The predicted octanol–water partition coefficient (Wildman–Crippen LogP) is 2.67. The van der Waals surface area contributed by atoms with Crippen LogP contribution in [0.5, 0.6) is 0 Å². The molecule has 1 aromatic carbocycles. The Bertz CT molecular complexity index is 1210. The lowest BCUT2D eigenvalue weighted by Crippen LogP contribution is -2.45. The van der Waals surface area contributed by atoms with Gasteiger partial charge in [-0.15, -0.1) is 12.4 Å². The molecule has 0 bridgehead atoms. The van der Waals surface area contributed by atoms with Gasteiger partial charge >= 0.3 is 5.97 Å². The lowest BCUT2D eigenvalue weighted by atomic mass is 10.1. The predicted molar refractivity (Wildman–Crippen MR) is 111 cm³/mol. The Morgan fingerprint density at radius 1 is 1.13 bits per heavy atom. The highest BCUT2D eigenvalue weighted by molar-refractivity contribution is 5.94. The maximum Gasteiger partial charge on any atom is 0.341 e. The van der Waals surface area contributed by atoms with Crippen LogP contribution in [-0.4, -0.2) is 58.8 Å². The third-order valence-corrected chi connectivity index (χ3v) is 5.17. The largest absolute Gasteiger partial charge is 0.477 e. The van der Waals surface area contributed by atoms with Crippen molar-refractivity contribution in [3.8, 4) is 5.82 Å². The van der Waals surface area contributed by atoms with Crippen LogP contribution in [-0.2, 0) is 0 Å². The summed E-state index contributed by atoms with van der Waals surface area (Å²) in [5.74, 6) is -4.18. The molecule has 1 fully saturated rings. The van der Waals surface area contributed by atoms with E-state index in [9.17, 15) is 23.5 Å². The van der Waals surface area contributed by atoms with Crippen molar-refractivity contribution in [2.75, 3.05) is 38.1 Å². The summed E-state index contributed by atoms with van der Waals surface area (Å²) in [7, 11) is 1.90. The van der Waals surface area contributed by atoms with E-state index in [1.165, 1.54) is 6.07 Å². The van der Waals surface area contributed by atoms with Crippen LogP contribution >= 0.6 is 12.4 Å². The van der Waals surface area contributed by atoms with Gasteiger partial charge in [0.2, 0.25) is 5.43 Å². The second kappa shape index (κ2) is 8.56. The summed E-state index contributed by atoms with van der Waals surface area (Å²) < 4.78 is 44.9. The summed E-state index contributed by atoms with van der Waals surface area (Å²) in [5.41, 5.74) is -2.31. The number of carboxylic acids is 1. The van der Waals surface area contributed by atoms with Gasteiger partial charge in [-0.3, -0.25) is 9.36 Å². The fraction of sp³-hybridized carbons (Fsp3) is 0.250. The maximum atomic E-state index is 15.6. The average Bonchev–Trinajstić information content (AvgIpc) is 2.70. The number of fused-ring (bicyclic) bond motifs is 1. The molecule has 31 heavy (non-hydrogen) atoms. The summed E-state index contributed by atoms with van der Waals surface area (Å²) in [6, 6.07) is 3.12. The molecule has 0 atom stereocenters. The normalized spacial score (nSPS) is 14.5. The molecule has 1 aliphatic heterocycles. The van der Waals surface area contributed by atoms with Crippen LogP contribution in [0.4, 0.5) is 18.9 Å². The first-order valence-corrected chi connectivity index (χ1v) is 9.14. The van der Waals surface area contributed by atoms with Gasteiger partial charge in [-0.05, 0) is 25.2 Å². The van der Waals surface area contributed by atoms with Gasteiger partial charge in [0.15, 0.2) is 5.82 Å². The number of pyridine rings is 2. The van der Waals surface area contributed by atoms with E-state index in [2.05, 4.69) is 4.98 Å². The van der Waals surface area contributed by atoms with Gasteiger partial charge in [0.1, 0.15) is 28.7 Å². The highest BCUT2D eigenvalue weighted by atomic mass is 35.5. The van der Waals surface area contributed by atoms with Crippen molar-refractivity contribution in [1.29, 1.82) is 0 Å². The molecule has 0 saturated carbocycles. The molecular formula is C20H18ClF3N4O3. The summed E-state index contributed by atoms with van der Waals surface area (Å²) in [4.78, 5) is 31.6. The Labute approximate surface area is 180 Å². The lowest BCUT2D eigenvalue weighted by molar-refractivity contribution is 0.0695. The summed E-state index contributed by atoms with van der Waals surface area (Å²) in [6.07, 6.45) is 1.80. The molecule has 7 nitrogen and oxygen atoms in total. The molecule has 11 heteroatoms. The minimum atomic E-state index is -1.55. The van der Waals surface area contributed by atoms with Crippen molar-refractivity contribution in [1.82, 2.24) is 14.5 Å². The Hall–Kier alpha value is -3.11. The zero-order chi connectivity index (χ0) is 21.6. The monoisotopic (exact) mass is 454 g/mol. The molecule has 1 saturated heterocycles. The first kappa shape index (κ1) is 22.6. The van der Waals surface area contributed by atoms with Gasteiger partial charge in [-0.25, -0.2) is 22.9 Å².